The average Bonchev–Trinajstić information content (AvgIpc) is 3.01. The summed E-state index contributed by atoms with van der Waals surface area (Å²) in [6, 6.07) is 5.96. The molecule has 0 spiro atoms. The van der Waals surface area contributed by atoms with Crippen LogP contribution in [0.3, 0.4) is 0 Å². The van der Waals surface area contributed by atoms with E-state index >= 15 is 0 Å². The Balaban J connectivity index is 1.57. The summed E-state index contributed by atoms with van der Waals surface area (Å²) in [5, 5.41) is 22.0. The van der Waals surface area contributed by atoms with Gasteiger partial charge in [-0.25, -0.2) is 9.50 Å². The SMILES string of the molecule is c1cc2c(Nc3cc(C4CC4)[nH]n3)nc(-c3cn[nH]c3)nn2c1. The Morgan fingerprint density at radius 2 is 2.26 bits per heavy atom. The van der Waals surface area contributed by atoms with Crippen molar-refractivity contribution < 1.29 is 0 Å². The van der Waals surface area contributed by atoms with Gasteiger partial charge in [-0.2, -0.15) is 10.2 Å². The van der Waals surface area contributed by atoms with E-state index in [9.17, 15) is 0 Å². The topological polar surface area (TPSA) is 99.6 Å². The number of rotatable bonds is 4. The van der Waals surface area contributed by atoms with Gasteiger partial charge in [0.15, 0.2) is 17.5 Å². The predicted molar refractivity (Wildman–Crippen MR) is 84.4 cm³/mol. The zero-order valence-corrected chi connectivity index (χ0v) is 12.2. The molecule has 1 aliphatic rings. The van der Waals surface area contributed by atoms with Crippen molar-refractivity contribution in [1.82, 2.24) is 35.0 Å². The van der Waals surface area contributed by atoms with Crippen LogP contribution < -0.4 is 5.32 Å². The quantitative estimate of drug-likeness (QED) is 0.538. The number of aromatic nitrogens is 7. The number of hydrogen-bond donors (Lipinski definition) is 3. The summed E-state index contributed by atoms with van der Waals surface area (Å²) in [7, 11) is 0. The van der Waals surface area contributed by atoms with Crippen LogP contribution in [0, 0.1) is 0 Å². The van der Waals surface area contributed by atoms with Gasteiger partial charge in [0.25, 0.3) is 0 Å². The molecule has 4 heterocycles. The van der Waals surface area contributed by atoms with Gasteiger partial charge in [-0.05, 0) is 25.0 Å². The van der Waals surface area contributed by atoms with E-state index in [4.69, 9.17) is 0 Å². The van der Waals surface area contributed by atoms with Crippen molar-refractivity contribution >= 4 is 17.2 Å². The van der Waals surface area contributed by atoms with Crippen molar-refractivity contribution in [3.05, 3.63) is 42.5 Å². The zero-order chi connectivity index (χ0) is 15.2. The average molecular weight is 306 g/mol. The standard InChI is InChI=1S/C15H14N8/c1-2-12-15(18-13-6-11(20-21-13)9-3-4-9)19-14(22-23(12)5-1)10-7-16-17-8-10/h1-2,5-9H,3-4H2,(H,16,17)(H2,18,19,20,21,22). The summed E-state index contributed by atoms with van der Waals surface area (Å²) < 4.78 is 1.80. The highest BCUT2D eigenvalue weighted by molar-refractivity contribution is 5.74. The smallest absolute Gasteiger partial charge is 0.185 e. The lowest BCUT2D eigenvalue weighted by Crippen LogP contribution is -2.03. The molecule has 1 fully saturated rings. The van der Waals surface area contributed by atoms with Crippen LogP contribution >= 0.6 is 0 Å². The zero-order valence-electron chi connectivity index (χ0n) is 12.2. The van der Waals surface area contributed by atoms with E-state index < -0.39 is 0 Å². The first kappa shape index (κ1) is 12.4. The van der Waals surface area contributed by atoms with E-state index in [0.717, 1.165) is 22.7 Å². The molecule has 4 aromatic heterocycles. The van der Waals surface area contributed by atoms with Crippen LogP contribution in [0.1, 0.15) is 24.5 Å². The normalized spacial score (nSPS) is 14.4. The molecule has 8 nitrogen and oxygen atoms in total. The fourth-order valence-electron chi connectivity index (χ4n) is 2.65. The van der Waals surface area contributed by atoms with Crippen molar-refractivity contribution in [1.29, 1.82) is 0 Å². The molecule has 1 aliphatic carbocycles. The van der Waals surface area contributed by atoms with E-state index in [-0.39, 0.29) is 0 Å². The number of H-pyrrole nitrogens is 2. The molecule has 0 radical (unpaired) electrons. The minimum Gasteiger partial charge on any atom is -0.322 e. The molecule has 0 bridgehead atoms. The van der Waals surface area contributed by atoms with Crippen molar-refractivity contribution in [2.45, 2.75) is 18.8 Å². The van der Waals surface area contributed by atoms with Gasteiger partial charge >= 0.3 is 0 Å². The Morgan fingerprint density at radius 1 is 1.30 bits per heavy atom. The highest BCUT2D eigenvalue weighted by Gasteiger charge is 2.25. The first-order chi connectivity index (χ1) is 11.4. The third kappa shape index (κ3) is 2.15. The van der Waals surface area contributed by atoms with Crippen LogP contribution in [0.4, 0.5) is 11.6 Å². The number of nitrogens with zero attached hydrogens (tertiary/aromatic N) is 5. The minimum absolute atomic E-state index is 0.600. The Hall–Kier alpha value is -3.16. The van der Waals surface area contributed by atoms with Gasteiger partial charge in [0.2, 0.25) is 0 Å². The third-order valence-corrected chi connectivity index (χ3v) is 4.01. The maximum atomic E-state index is 4.62. The number of hydrogen-bond acceptors (Lipinski definition) is 5. The number of nitrogens with one attached hydrogen (secondary N) is 3. The molecule has 0 unspecified atom stereocenters. The fraction of sp³-hybridized carbons (Fsp3) is 0.200. The lowest BCUT2D eigenvalue weighted by molar-refractivity contribution is 0.915. The van der Waals surface area contributed by atoms with Crippen LogP contribution in [0.15, 0.2) is 36.8 Å². The van der Waals surface area contributed by atoms with Crippen LogP contribution in [0.2, 0.25) is 0 Å². The summed E-state index contributed by atoms with van der Waals surface area (Å²) in [5.41, 5.74) is 2.92. The highest BCUT2D eigenvalue weighted by atomic mass is 15.3. The van der Waals surface area contributed by atoms with E-state index in [2.05, 4.69) is 41.9 Å². The highest BCUT2D eigenvalue weighted by Crippen LogP contribution is 2.39. The first-order valence-electron chi connectivity index (χ1n) is 7.54. The Bertz CT molecular complexity index is 961. The minimum atomic E-state index is 0.600. The monoisotopic (exact) mass is 306 g/mol. The predicted octanol–water partition coefficient (Wildman–Crippen LogP) is 2.46. The van der Waals surface area contributed by atoms with E-state index in [0.29, 0.717) is 11.7 Å². The number of aromatic amines is 2. The molecule has 3 N–H and O–H groups in total. The lowest BCUT2D eigenvalue weighted by atomic mass is 10.3. The summed E-state index contributed by atoms with van der Waals surface area (Å²) in [6.07, 6.45) is 7.85. The molecule has 0 atom stereocenters. The van der Waals surface area contributed by atoms with Gasteiger partial charge in [-0.1, -0.05) is 0 Å². The Kier molecular flexibility index (Phi) is 2.51. The summed E-state index contributed by atoms with van der Waals surface area (Å²) >= 11 is 0. The fourth-order valence-corrected chi connectivity index (χ4v) is 2.65. The summed E-state index contributed by atoms with van der Waals surface area (Å²) in [6.45, 7) is 0. The summed E-state index contributed by atoms with van der Waals surface area (Å²) in [4.78, 5) is 4.62. The molecule has 5 rings (SSSR count). The molecule has 23 heavy (non-hydrogen) atoms. The van der Waals surface area contributed by atoms with E-state index in [1.807, 2.05) is 18.3 Å². The van der Waals surface area contributed by atoms with Crippen molar-refractivity contribution in [2.24, 2.45) is 0 Å². The van der Waals surface area contributed by atoms with Gasteiger partial charge in [-0.15, -0.1) is 5.10 Å². The molecule has 0 aliphatic heterocycles. The molecule has 8 heteroatoms. The van der Waals surface area contributed by atoms with Gasteiger partial charge in [0.05, 0.1) is 11.8 Å². The van der Waals surface area contributed by atoms with E-state index in [1.165, 1.54) is 18.5 Å². The Morgan fingerprint density at radius 3 is 3.09 bits per heavy atom. The van der Waals surface area contributed by atoms with Gasteiger partial charge in [0.1, 0.15) is 5.52 Å². The van der Waals surface area contributed by atoms with Gasteiger partial charge < -0.3 is 5.32 Å². The molecular weight excluding hydrogens is 292 g/mol. The molecule has 4 aromatic rings. The second-order valence-electron chi connectivity index (χ2n) is 5.72. The molecule has 0 saturated heterocycles. The maximum absolute atomic E-state index is 4.62. The first-order valence-corrected chi connectivity index (χ1v) is 7.54. The third-order valence-electron chi connectivity index (χ3n) is 4.01. The van der Waals surface area contributed by atoms with Crippen LogP contribution in [-0.4, -0.2) is 35.0 Å². The van der Waals surface area contributed by atoms with Crippen LogP contribution in [0.5, 0.6) is 0 Å². The Labute approximate surface area is 131 Å². The maximum Gasteiger partial charge on any atom is 0.185 e. The number of anilines is 2. The van der Waals surface area contributed by atoms with Crippen molar-refractivity contribution in [2.75, 3.05) is 5.32 Å². The van der Waals surface area contributed by atoms with Gasteiger partial charge in [0, 0.05) is 30.1 Å². The van der Waals surface area contributed by atoms with Crippen LogP contribution in [-0.2, 0) is 0 Å². The van der Waals surface area contributed by atoms with Crippen LogP contribution in [0.25, 0.3) is 16.9 Å². The van der Waals surface area contributed by atoms with E-state index in [1.54, 1.807) is 16.9 Å². The molecule has 1 saturated carbocycles. The van der Waals surface area contributed by atoms with Crippen molar-refractivity contribution in [3.63, 3.8) is 0 Å². The molecule has 114 valence electrons. The van der Waals surface area contributed by atoms with Gasteiger partial charge in [-0.3, -0.25) is 10.2 Å². The second kappa shape index (κ2) is 4.67. The molecular formula is C15H14N8. The molecule has 0 amide bonds. The molecule has 0 aromatic carbocycles. The summed E-state index contributed by atoms with van der Waals surface area (Å²) in [5.74, 6) is 2.73. The largest absolute Gasteiger partial charge is 0.322 e. The number of fused-ring (bicyclic) bond motifs is 1. The second-order valence-corrected chi connectivity index (χ2v) is 5.72. The van der Waals surface area contributed by atoms with Crippen molar-refractivity contribution in [3.8, 4) is 11.4 Å². The lowest BCUT2D eigenvalue weighted by Gasteiger charge is -2.06.